The Morgan fingerprint density at radius 3 is 2.50 bits per heavy atom. The molecule has 0 radical (unpaired) electrons. The molecule has 1 aromatic heterocycles. The molecule has 120 valence electrons. The third-order valence-corrected chi connectivity index (χ3v) is 4.64. The molecule has 3 rings (SSSR count). The van der Waals surface area contributed by atoms with Crippen LogP contribution in [0, 0.1) is 18.3 Å². The Morgan fingerprint density at radius 1 is 1.04 bits per heavy atom. The van der Waals surface area contributed by atoms with E-state index in [0.717, 1.165) is 34.4 Å². The lowest BCUT2D eigenvalue weighted by atomic mass is 10.2. The van der Waals surface area contributed by atoms with Gasteiger partial charge in [-0.1, -0.05) is 59.8 Å². The lowest BCUT2D eigenvalue weighted by Crippen LogP contribution is -2.00. The number of hydrogen-bond acceptors (Lipinski definition) is 4. The van der Waals surface area contributed by atoms with Crippen molar-refractivity contribution in [3.05, 3.63) is 60.2 Å². The van der Waals surface area contributed by atoms with Crippen LogP contribution >= 0.6 is 11.8 Å². The molecular formula is C19H18N4S. The Balaban J connectivity index is 1.99. The molecule has 0 unspecified atom stereocenters. The zero-order chi connectivity index (χ0) is 16.8. The smallest absolute Gasteiger partial charge is 0.196 e. The minimum atomic E-state index is 0.567. The van der Waals surface area contributed by atoms with Crippen LogP contribution < -0.4 is 0 Å². The van der Waals surface area contributed by atoms with Crippen LogP contribution in [0.15, 0.2) is 59.8 Å². The number of nitriles is 1. The van der Waals surface area contributed by atoms with Crippen molar-refractivity contribution in [2.45, 2.75) is 24.9 Å². The van der Waals surface area contributed by atoms with Crippen LogP contribution in [-0.2, 0) is 0 Å². The van der Waals surface area contributed by atoms with Gasteiger partial charge in [-0.05, 0) is 25.5 Å². The minimum Gasteiger partial charge on any atom is -0.270 e. The molecule has 0 aliphatic rings. The lowest BCUT2D eigenvalue weighted by molar-refractivity contribution is 0.879. The molecule has 2 aromatic carbocycles. The Morgan fingerprint density at radius 2 is 1.79 bits per heavy atom. The predicted octanol–water partition coefficient (Wildman–Crippen LogP) is 4.64. The summed E-state index contributed by atoms with van der Waals surface area (Å²) < 4.78 is 2.09. The number of rotatable bonds is 6. The molecule has 0 fully saturated rings. The minimum absolute atomic E-state index is 0.567. The monoisotopic (exact) mass is 334 g/mol. The summed E-state index contributed by atoms with van der Waals surface area (Å²) >= 11 is 1.64. The van der Waals surface area contributed by atoms with E-state index in [9.17, 15) is 0 Å². The van der Waals surface area contributed by atoms with Gasteiger partial charge in [-0.25, -0.2) is 0 Å². The van der Waals surface area contributed by atoms with Crippen molar-refractivity contribution in [1.82, 2.24) is 14.8 Å². The van der Waals surface area contributed by atoms with Crippen molar-refractivity contribution >= 4 is 11.8 Å². The number of benzene rings is 2. The standard InChI is InChI=1S/C19H18N4S/c1-15-9-11-17(12-10-15)23-18(16-7-3-2-4-8-16)21-22-19(23)24-14-6-5-13-20/h2-4,7-12H,5-6,14H2,1H3. The van der Waals surface area contributed by atoms with Crippen LogP contribution in [-0.4, -0.2) is 20.5 Å². The normalized spacial score (nSPS) is 10.5. The first kappa shape index (κ1) is 16.3. The summed E-state index contributed by atoms with van der Waals surface area (Å²) in [5.41, 5.74) is 3.30. The number of unbranched alkanes of at least 4 members (excludes halogenated alkanes) is 1. The molecule has 5 heteroatoms. The zero-order valence-electron chi connectivity index (χ0n) is 13.5. The number of aryl methyl sites for hydroxylation is 1. The second-order valence-electron chi connectivity index (χ2n) is 5.45. The second-order valence-corrected chi connectivity index (χ2v) is 6.52. The first-order valence-electron chi connectivity index (χ1n) is 7.87. The van der Waals surface area contributed by atoms with Gasteiger partial charge in [0.2, 0.25) is 0 Å². The number of hydrogen-bond donors (Lipinski definition) is 0. The molecule has 0 saturated carbocycles. The topological polar surface area (TPSA) is 54.5 Å². The van der Waals surface area contributed by atoms with Gasteiger partial charge in [0.05, 0.1) is 6.07 Å². The van der Waals surface area contributed by atoms with E-state index in [2.05, 4.69) is 52.0 Å². The van der Waals surface area contributed by atoms with Crippen LogP contribution in [0.25, 0.3) is 17.1 Å². The summed E-state index contributed by atoms with van der Waals surface area (Å²) in [5, 5.41) is 18.3. The maximum atomic E-state index is 8.68. The molecule has 1 heterocycles. The largest absolute Gasteiger partial charge is 0.270 e. The lowest BCUT2D eigenvalue weighted by Gasteiger charge is -2.10. The molecule has 0 amide bonds. The zero-order valence-corrected chi connectivity index (χ0v) is 14.3. The highest BCUT2D eigenvalue weighted by Crippen LogP contribution is 2.28. The molecule has 0 spiro atoms. The van der Waals surface area contributed by atoms with Crippen molar-refractivity contribution in [2.75, 3.05) is 5.75 Å². The number of nitrogens with zero attached hydrogens (tertiary/aromatic N) is 4. The Labute approximate surface area is 146 Å². The van der Waals surface area contributed by atoms with Crippen molar-refractivity contribution < 1.29 is 0 Å². The highest BCUT2D eigenvalue weighted by Gasteiger charge is 2.15. The molecule has 0 atom stereocenters. The van der Waals surface area contributed by atoms with Crippen LogP contribution in [0.5, 0.6) is 0 Å². The van der Waals surface area contributed by atoms with Gasteiger partial charge in [0.15, 0.2) is 11.0 Å². The quantitative estimate of drug-likeness (QED) is 0.487. The van der Waals surface area contributed by atoms with Crippen LogP contribution in [0.3, 0.4) is 0 Å². The van der Waals surface area contributed by atoms with Gasteiger partial charge < -0.3 is 0 Å². The van der Waals surface area contributed by atoms with E-state index < -0.39 is 0 Å². The third-order valence-electron chi connectivity index (χ3n) is 3.62. The van der Waals surface area contributed by atoms with Gasteiger partial charge in [-0.2, -0.15) is 5.26 Å². The SMILES string of the molecule is Cc1ccc(-n2c(SCCCC#N)nnc2-c2ccccc2)cc1. The van der Waals surface area contributed by atoms with Gasteiger partial charge in [0, 0.05) is 23.4 Å². The van der Waals surface area contributed by atoms with Gasteiger partial charge in [-0.3, -0.25) is 4.57 Å². The molecule has 4 nitrogen and oxygen atoms in total. The van der Waals surface area contributed by atoms with E-state index in [0.29, 0.717) is 6.42 Å². The van der Waals surface area contributed by atoms with E-state index in [1.54, 1.807) is 11.8 Å². The molecule has 0 aliphatic heterocycles. The van der Waals surface area contributed by atoms with Crippen molar-refractivity contribution in [3.63, 3.8) is 0 Å². The molecule has 3 aromatic rings. The van der Waals surface area contributed by atoms with Crippen LogP contribution in [0.2, 0.25) is 0 Å². The summed E-state index contributed by atoms with van der Waals surface area (Å²) in [6.45, 7) is 2.07. The average Bonchev–Trinajstić information content (AvgIpc) is 3.04. The van der Waals surface area contributed by atoms with Crippen molar-refractivity contribution in [2.24, 2.45) is 0 Å². The number of thioether (sulfide) groups is 1. The first-order valence-corrected chi connectivity index (χ1v) is 8.86. The fourth-order valence-corrected chi connectivity index (χ4v) is 3.27. The predicted molar refractivity (Wildman–Crippen MR) is 97.1 cm³/mol. The van der Waals surface area contributed by atoms with Gasteiger partial charge >= 0.3 is 0 Å². The highest BCUT2D eigenvalue weighted by molar-refractivity contribution is 7.99. The fourth-order valence-electron chi connectivity index (χ4n) is 2.38. The molecular weight excluding hydrogens is 316 g/mol. The first-order chi connectivity index (χ1) is 11.8. The Bertz CT molecular complexity index is 832. The fraction of sp³-hybridized carbons (Fsp3) is 0.211. The summed E-state index contributed by atoms with van der Waals surface area (Å²) in [5.74, 6) is 1.69. The maximum Gasteiger partial charge on any atom is 0.196 e. The van der Waals surface area contributed by atoms with E-state index in [1.165, 1.54) is 5.56 Å². The number of aromatic nitrogens is 3. The molecule has 0 N–H and O–H groups in total. The van der Waals surface area contributed by atoms with E-state index in [4.69, 9.17) is 5.26 Å². The van der Waals surface area contributed by atoms with E-state index >= 15 is 0 Å². The van der Waals surface area contributed by atoms with Crippen LogP contribution in [0.4, 0.5) is 0 Å². The van der Waals surface area contributed by atoms with Gasteiger partial charge in [-0.15, -0.1) is 10.2 Å². The third kappa shape index (κ3) is 3.66. The molecule has 0 bridgehead atoms. The van der Waals surface area contributed by atoms with Crippen LogP contribution in [0.1, 0.15) is 18.4 Å². The molecule has 0 aliphatic carbocycles. The Kier molecular flexibility index (Phi) is 5.29. The summed E-state index contributed by atoms with van der Waals surface area (Å²) in [7, 11) is 0. The second kappa shape index (κ2) is 7.80. The van der Waals surface area contributed by atoms with Gasteiger partial charge in [0.25, 0.3) is 0 Å². The summed E-state index contributed by atoms with van der Waals surface area (Å²) in [6, 6.07) is 20.6. The van der Waals surface area contributed by atoms with Gasteiger partial charge in [0.1, 0.15) is 0 Å². The van der Waals surface area contributed by atoms with Crippen molar-refractivity contribution in [1.29, 1.82) is 5.26 Å². The maximum absolute atomic E-state index is 8.68. The highest BCUT2D eigenvalue weighted by atomic mass is 32.2. The molecule has 0 saturated heterocycles. The van der Waals surface area contributed by atoms with E-state index in [1.807, 2.05) is 30.3 Å². The average molecular weight is 334 g/mol. The molecule has 24 heavy (non-hydrogen) atoms. The Hall–Kier alpha value is -2.58. The van der Waals surface area contributed by atoms with E-state index in [-0.39, 0.29) is 0 Å². The summed E-state index contributed by atoms with van der Waals surface area (Å²) in [6.07, 6.45) is 1.42. The summed E-state index contributed by atoms with van der Waals surface area (Å²) in [4.78, 5) is 0. The van der Waals surface area contributed by atoms with Crippen molar-refractivity contribution in [3.8, 4) is 23.1 Å².